The first kappa shape index (κ1) is 29.5. The Labute approximate surface area is 228 Å². The number of carbonyl (C=O) groups excluding carboxylic acids is 1. The van der Waals surface area contributed by atoms with Crippen LogP contribution in [0.4, 0.5) is 0 Å². The predicted molar refractivity (Wildman–Crippen MR) is 150 cm³/mol. The minimum Gasteiger partial charge on any atom is -0.455 e. The number of aryl methyl sites for hydroxylation is 1. The number of benzene rings is 2. The summed E-state index contributed by atoms with van der Waals surface area (Å²) in [5.41, 5.74) is 0.592. The predicted octanol–water partition coefficient (Wildman–Crippen LogP) is 7.52. The third-order valence-electron chi connectivity index (χ3n) is 7.68. The summed E-state index contributed by atoms with van der Waals surface area (Å²) in [6.45, 7) is 3.96. The zero-order valence-corrected chi connectivity index (χ0v) is 23.3. The zero-order valence-electron chi connectivity index (χ0n) is 22.6. The van der Waals surface area contributed by atoms with Crippen molar-refractivity contribution in [2.24, 2.45) is 5.92 Å². The number of para-hydroxylation sites is 2. The number of piperidine rings is 1. The normalized spacial score (nSPS) is 19.0. The summed E-state index contributed by atoms with van der Waals surface area (Å²) in [6, 6.07) is 13.4. The molecule has 1 saturated heterocycles. The highest BCUT2D eigenvalue weighted by atomic mass is 35.5. The standard InChI is InChI=1S/C26H34ClNO4.C5H10/c1-3-20-10-4-5-14-24(20)32-25-22(12-8-13-23(25)27)26(30,15-6-7-17-31-2)21-11-9-16-28(18-21)19-29;1-2-4-5-3-1/h4-5,8,10,12-14,19,21,30H,3,6-7,9,11,15-18H2,1-2H3;1-5H2. The smallest absolute Gasteiger partial charge is 0.209 e. The van der Waals surface area contributed by atoms with E-state index in [4.69, 9.17) is 21.1 Å². The molecule has 1 aliphatic carbocycles. The van der Waals surface area contributed by atoms with Crippen LogP contribution in [0.3, 0.4) is 0 Å². The van der Waals surface area contributed by atoms with Crippen LogP contribution in [-0.4, -0.2) is 43.2 Å². The van der Waals surface area contributed by atoms with E-state index in [1.165, 1.54) is 32.1 Å². The van der Waals surface area contributed by atoms with E-state index >= 15 is 0 Å². The Morgan fingerprint density at radius 3 is 2.46 bits per heavy atom. The highest BCUT2D eigenvalue weighted by Gasteiger charge is 2.42. The molecule has 1 N–H and O–H groups in total. The Morgan fingerprint density at radius 2 is 1.78 bits per heavy atom. The number of amides is 1. The maximum absolute atomic E-state index is 12.2. The third-order valence-corrected chi connectivity index (χ3v) is 7.98. The van der Waals surface area contributed by atoms with Gasteiger partial charge in [0.25, 0.3) is 0 Å². The van der Waals surface area contributed by atoms with Gasteiger partial charge in [-0.25, -0.2) is 0 Å². The summed E-state index contributed by atoms with van der Waals surface area (Å²) in [5.74, 6) is 1.13. The molecular weight excluding hydrogens is 486 g/mol. The molecule has 2 aromatic carbocycles. The zero-order chi connectivity index (χ0) is 26.5. The van der Waals surface area contributed by atoms with Gasteiger partial charge in [-0.15, -0.1) is 0 Å². The van der Waals surface area contributed by atoms with Crippen LogP contribution in [0.15, 0.2) is 42.5 Å². The number of hydrogen-bond acceptors (Lipinski definition) is 4. The number of nitrogens with zero attached hydrogens (tertiary/aromatic N) is 1. The minimum atomic E-state index is -1.17. The average Bonchev–Trinajstić information content (AvgIpc) is 3.53. The van der Waals surface area contributed by atoms with Crippen LogP contribution in [-0.2, 0) is 21.6 Å². The van der Waals surface area contributed by atoms with Crippen molar-refractivity contribution in [3.8, 4) is 11.5 Å². The molecule has 2 aliphatic rings. The first-order chi connectivity index (χ1) is 18.0. The minimum absolute atomic E-state index is 0.105. The first-order valence-electron chi connectivity index (χ1n) is 14.0. The fourth-order valence-electron chi connectivity index (χ4n) is 5.53. The number of unbranched alkanes of at least 4 members (excludes halogenated alkanes) is 1. The highest BCUT2D eigenvalue weighted by Crippen LogP contribution is 2.47. The Balaban J connectivity index is 0.000000678. The van der Waals surface area contributed by atoms with Gasteiger partial charge in [0.05, 0.1) is 10.6 Å². The molecule has 0 aromatic heterocycles. The number of rotatable bonds is 11. The Kier molecular flexibility index (Phi) is 12.2. The van der Waals surface area contributed by atoms with Crippen molar-refractivity contribution < 1.29 is 19.4 Å². The van der Waals surface area contributed by atoms with Crippen LogP contribution < -0.4 is 4.74 Å². The van der Waals surface area contributed by atoms with Crippen molar-refractivity contribution in [3.63, 3.8) is 0 Å². The summed E-state index contributed by atoms with van der Waals surface area (Å²) >= 11 is 6.64. The molecule has 1 saturated carbocycles. The van der Waals surface area contributed by atoms with E-state index in [9.17, 15) is 9.90 Å². The van der Waals surface area contributed by atoms with Crippen LogP contribution in [0, 0.1) is 5.92 Å². The van der Waals surface area contributed by atoms with Gasteiger partial charge >= 0.3 is 0 Å². The van der Waals surface area contributed by atoms with Crippen LogP contribution in [0.1, 0.15) is 82.3 Å². The van der Waals surface area contributed by atoms with E-state index in [0.717, 1.165) is 56.4 Å². The summed E-state index contributed by atoms with van der Waals surface area (Å²) in [4.78, 5) is 13.2. The molecule has 37 heavy (non-hydrogen) atoms. The van der Waals surface area contributed by atoms with Gasteiger partial charge in [-0.05, 0) is 56.2 Å². The maximum atomic E-state index is 12.2. The van der Waals surface area contributed by atoms with Crippen molar-refractivity contribution in [3.05, 3.63) is 58.6 Å². The van der Waals surface area contributed by atoms with Crippen molar-refractivity contribution >= 4 is 18.0 Å². The van der Waals surface area contributed by atoms with Gasteiger partial charge in [0, 0.05) is 38.3 Å². The van der Waals surface area contributed by atoms with E-state index in [-0.39, 0.29) is 5.92 Å². The number of carbonyl (C=O) groups is 1. The van der Waals surface area contributed by atoms with Crippen molar-refractivity contribution in [1.82, 2.24) is 4.90 Å². The Morgan fingerprint density at radius 1 is 1.05 bits per heavy atom. The number of hydrogen-bond donors (Lipinski definition) is 1. The van der Waals surface area contributed by atoms with E-state index in [1.54, 1.807) is 18.1 Å². The first-order valence-corrected chi connectivity index (χ1v) is 14.4. The molecular formula is C31H44ClNO4. The number of halogens is 1. The van der Waals surface area contributed by atoms with Gasteiger partial charge in [0.15, 0.2) is 5.75 Å². The van der Waals surface area contributed by atoms with Crippen molar-refractivity contribution in [2.75, 3.05) is 26.8 Å². The molecule has 5 nitrogen and oxygen atoms in total. The molecule has 2 unspecified atom stereocenters. The monoisotopic (exact) mass is 529 g/mol. The summed E-state index contributed by atoms with van der Waals surface area (Å²) in [5, 5.41) is 12.7. The number of likely N-dealkylation sites (tertiary alicyclic amines) is 1. The molecule has 0 radical (unpaired) electrons. The largest absolute Gasteiger partial charge is 0.455 e. The summed E-state index contributed by atoms with van der Waals surface area (Å²) in [6.07, 6.45) is 13.1. The Bertz CT molecular complexity index is 956. The van der Waals surface area contributed by atoms with Gasteiger partial charge in [-0.3, -0.25) is 4.79 Å². The average molecular weight is 530 g/mol. The van der Waals surface area contributed by atoms with E-state index in [0.29, 0.717) is 35.9 Å². The van der Waals surface area contributed by atoms with Crippen LogP contribution in [0.25, 0.3) is 0 Å². The third kappa shape index (κ3) is 8.20. The van der Waals surface area contributed by atoms with E-state index < -0.39 is 5.60 Å². The fourth-order valence-corrected chi connectivity index (χ4v) is 5.75. The lowest BCUT2D eigenvalue weighted by Crippen LogP contribution is -2.46. The highest BCUT2D eigenvalue weighted by molar-refractivity contribution is 6.32. The van der Waals surface area contributed by atoms with Crippen LogP contribution >= 0.6 is 11.6 Å². The molecule has 2 atom stereocenters. The molecule has 1 heterocycles. The van der Waals surface area contributed by atoms with Gasteiger partial charge in [-0.2, -0.15) is 0 Å². The number of aliphatic hydroxyl groups is 1. The van der Waals surface area contributed by atoms with Gasteiger partial charge < -0.3 is 19.5 Å². The quantitative estimate of drug-likeness (QED) is 0.241. The molecule has 1 aliphatic heterocycles. The second-order valence-electron chi connectivity index (χ2n) is 10.3. The van der Waals surface area contributed by atoms with Crippen molar-refractivity contribution in [1.29, 1.82) is 0 Å². The van der Waals surface area contributed by atoms with E-state index in [2.05, 4.69) is 6.92 Å². The van der Waals surface area contributed by atoms with Crippen molar-refractivity contribution in [2.45, 2.75) is 83.2 Å². The second kappa shape index (κ2) is 15.4. The lowest BCUT2D eigenvalue weighted by Gasteiger charge is -2.42. The van der Waals surface area contributed by atoms with Crippen LogP contribution in [0.2, 0.25) is 5.02 Å². The maximum Gasteiger partial charge on any atom is 0.209 e. The molecule has 1 amide bonds. The molecule has 204 valence electrons. The summed E-state index contributed by atoms with van der Waals surface area (Å²) < 4.78 is 11.6. The molecule has 0 spiro atoms. The van der Waals surface area contributed by atoms with Gasteiger partial charge in [-0.1, -0.05) is 81.0 Å². The van der Waals surface area contributed by atoms with Gasteiger partial charge in [0.2, 0.25) is 6.41 Å². The molecule has 6 heteroatoms. The van der Waals surface area contributed by atoms with Crippen LogP contribution in [0.5, 0.6) is 11.5 Å². The number of ether oxygens (including phenoxy) is 2. The topological polar surface area (TPSA) is 59.0 Å². The molecule has 2 fully saturated rings. The lowest BCUT2D eigenvalue weighted by atomic mass is 9.73. The lowest BCUT2D eigenvalue weighted by molar-refractivity contribution is -0.123. The fraction of sp³-hybridized carbons (Fsp3) is 0.581. The molecule has 0 bridgehead atoms. The molecule has 4 rings (SSSR count). The second-order valence-corrected chi connectivity index (χ2v) is 10.7. The number of methoxy groups -OCH3 is 1. The molecule has 2 aromatic rings. The Hall–Kier alpha value is -2.08. The van der Waals surface area contributed by atoms with E-state index in [1.807, 2.05) is 36.4 Å². The van der Waals surface area contributed by atoms with Gasteiger partial charge in [0.1, 0.15) is 5.75 Å². The SMILES string of the molecule is C1CCCC1.CCc1ccccc1Oc1c(Cl)cccc1C(O)(CCCCOC)C1CCCN(C=O)C1. The summed E-state index contributed by atoms with van der Waals surface area (Å²) in [7, 11) is 1.68.